The van der Waals surface area contributed by atoms with Crippen LogP contribution in [0.15, 0.2) is 24.7 Å². The van der Waals surface area contributed by atoms with Gasteiger partial charge in [-0.25, -0.2) is 4.98 Å². The van der Waals surface area contributed by atoms with E-state index in [9.17, 15) is 0 Å². The number of aromatic nitrogens is 4. The van der Waals surface area contributed by atoms with Crippen molar-refractivity contribution in [2.45, 2.75) is 26.4 Å². The van der Waals surface area contributed by atoms with Crippen molar-refractivity contribution < 1.29 is 0 Å². The van der Waals surface area contributed by atoms with Gasteiger partial charge in [0.2, 0.25) is 0 Å². The van der Waals surface area contributed by atoms with Gasteiger partial charge in [0.25, 0.3) is 0 Å². The largest absolute Gasteiger partial charge is 0.319 e. The third kappa shape index (κ3) is 2.99. The first-order valence-electron chi connectivity index (χ1n) is 7.16. The molecule has 0 saturated heterocycles. The molecule has 3 aromatic rings. The molecule has 0 aliphatic rings. The smallest absolute Gasteiger partial charge is 0.149 e. The van der Waals surface area contributed by atoms with E-state index >= 15 is 0 Å². The van der Waals surface area contributed by atoms with Crippen LogP contribution < -0.4 is 5.32 Å². The Bertz CT molecular complexity index is 779. The molecule has 116 valence electrons. The summed E-state index contributed by atoms with van der Waals surface area (Å²) in [5.41, 5.74) is 0. The maximum Gasteiger partial charge on any atom is 0.149 e. The number of halogens is 1. The summed E-state index contributed by atoms with van der Waals surface area (Å²) >= 11 is 7.82. The quantitative estimate of drug-likeness (QED) is 0.724. The van der Waals surface area contributed by atoms with E-state index in [-0.39, 0.29) is 6.04 Å². The van der Waals surface area contributed by atoms with Crippen molar-refractivity contribution in [3.63, 3.8) is 0 Å². The number of hydrogen-bond acceptors (Lipinski definition) is 5. The van der Waals surface area contributed by atoms with Gasteiger partial charge in [-0.2, -0.15) is 0 Å². The first-order valence-corrected chi connectivity index (χ1v) is 8.36. The zero-order valence-corrected chi connectivity index (χ0v) is 14.3. The van der Waals surface area contributed by atoms with E-state index in [1.165, 1.54) is 4.88 Å². The SMILES string of the molecule is CC(C)C(NCc1cc2ccnc(Cl)c2s1)c1nncn1C. The van der Waals surface area contributed by atoms with Crippen LogP contribution in [0.1, 0.15) is 30.6 Å². The fourth-order valence-electron chi connectivity index (χ4n) is 2.48. The lowest BCUT2D eigenvalue weighted by Crippen LogP contribution is -2.27. The van der Waals surface area contributed by atoms with E-state index in [0.29, 0.717) is 11.1 Å². The van der Waals surface area contributed by atoms with Gasteiger partial charge >= 0.3 is 0 Å². The average molecular weight is 336 g/mol. The van der Waals surface area contributed by atoms with Crippen LogP contribution in [0.3, 0.4) is 0 Å². The molecule has 3 rings (SSSR count). The van der Waals surface area contributed by atoms with Crippen molar-refractivity contribution >= 4 is 33.0 Å². The second kappa shape index (κ2) is 6.32. The van der Waals surface area contributed by atoms with Gasteiger partial charge in [-0.3, -0.25) is 0 Å². The lowest BCUT2D eigenvalue weighted by Gasteiger charge is -2.21. The molecular weight excluding hydrogens is 318 g/mol. The number of hydrogen-bond donors (Lipinski definition) is 1. The van der Waals surface area contributed by atoms with Crippen LogP contribution in [0.4, 0.5) is 0 Å². The van der Waals surface area contributed by atoms with E-state index in [1.807, 2.05) is 17.7 Å². The van der Waals surface area contributed by atoms with Crippen molar-refractivity contribution in [3.8, 4) is 0 Å². The van der Waals surface area contributed by atoms with E-state index in [2.05, 4.69) is 40.4 Å². The van der Waals surface area contributed by atoms with Crippen LogP contribution >= 0.6 is 22.9 Å². The molecule has 7 heteroatoms. The highest BCUT2D eigenvalue weighted by atomic mass is 35.5. The third-order valence-corrected chi connectivity index (χ3v) is 5.18. The lowest BCUT2D eigenvalue weighted by molar-refractivity contribution is 0.385. The molecule has 0 aromatic carbocycles. The molecule has 0 fully saturated rings. The average Bonchev–Trinajstić information content (AvgIpc) is 3.06. The fourth-order valence-corrected chi connectivity index (χ4v) is 3.75. The summed E-state index contributed by atoms with van der Waals surface area (Å²) in [5.74, 6) is 1.37. The molecule has 0 aliphatic heterocycles. The summed E-state index contributed by atoms with van der Waals surface area (Å²) < 4.78 is 3.00. The molecule has 0 spiro atoms. The monoisotopic (exact) mass is 335 g/mol. The van der Waals surface area contributed by atoms with Crippen molar-refractivity contribution in [2.24, 2.45) is 13.0 Å². The van der Waals surface area contributed by atoms with Crippen LogP contribution in [0.5, 0.6) is 0 Å². The minimum absolute atomic E-state index is 0.159. The van der Waals surface area contributed by atoms with E-state index in [1.54, 1.807) is 23.9 Å². The predicted molar refractivity (Wildman–Crippen MR) is 90.1 cm³/mol. The summed E-state index contributed by atoms with van der Waals surface area (Å²) in [6.07, 6.45) is 3.47. The molecule has 22 heavy (non-hydrogen) atoms. The Hall–Kier alpha value is -1.50. The van der Waals surface area contributed by atoms with Crippen molar-refractivity contribution in [1.82, 2.24) is 25.1 Å². The molecule has 3 aromatic heterocycles. The Balaban J connectivity index is 1.79. The molecule has 1 unspecified atom stereocenters. The summed E-state index contributed by atoms with van der Waals surface area (Å²) in [6.45, 7) is 5.13. The molecule has 5 nitrogen and oxygen atoms in total. The highest BCUT2D eigenvalue weighted by molar-refractivity contribution is 7.19. The highest BCUT2D eigenvalue weighted by Crippen LogP contribution is 2.30. The van der Waals surface area contributed by atoms with E-state index in [4.69, 9.17) is 11.6 Å². The minimum Gasteiger partial charge on any atom is -0.319 e. The molecule has 1 N–H and O–H groups in total. The van der Waals surface area contributed by atoms with Gasteiger partial charge in [0.15, 0.2) is 0 Å². The van der Waals surface area contributed by atoms with Gasteiger partial charge in [0.05, 0.1) is 10.7 Å². The van der Waals surface area contributed by atoms with Crippen molar-refractivity contribution in [1.29, 1.82) is 0 Å². The van der Waals surface area contributed by atoms with Crippen LogP contribution in [0.2, 0.25) is 5.15 Å². The number of pyridine rings is 1. The third-order valence-electron chi connectivity index (χ3n) is 3.63. The van der Waals surface area contributed by atoms with E-state index < -0.39 is 0 Å². The Morgan fingerprint density at radius 1 is 1.41 bits per heavy atom. The minimum atomic E-state index is 0.159. The molecule has 0 bridgehead atoms. The summed E-state index contributed by atoms with van der Waals surface area (Å²) in [5, 5.41) is 13.5. The maximum absolute atomic E-state index is 6.14. The van der Waals surface area contributed by atoms with Crippen molar-refractivity contribution in [2.75, 3.05) is 0 Å². The summed E-state index contributed by atoms with van der Waals surface area (Å²) in [7, 11) is 1.97. The standard InChI is InChI=1S/C15H18ClN5S/c1-9(2)12(15-20-19-8-21(15)3)18-7-11-6-10-4-5-17-14(16)13(10)22-11/h4-6,8-9,12,18H,7H2,1-3H3. The topological polar surface area (TPSA) is 55.6 Å². The Kier molecular flexibility index (Phi) is 4.42. The van der Waals surface area contributed by atoms with Crippen molar-refractivity contribution in [3.05, 3.63) is 40.5 Å². The van der Waals surface area contributed by atoms with Gasteiger partial charge in [-0.05, 0) is 23.4 Å². The number of nitrogens with zero attached hydrogens (tertiary/aromatic N) is 4. The van der Waals surface area contributed by atoms with Gasteiger partial charge in [-0.15, -0.1) is 21.5 Å². The normalized spacial score (nSPS) is 13.1. The van der Waals surface area contributed by atoms with Gasteiger partial charge in [0, 0.05) is 24.7 Å². The number of nitrogens with one attached hydrogen (secondary N) is 1. The van der Waals surface area contributed by atoms with Crippen LogP contribution in [0.25, 0.3) is 10.1 Å². The fraction of sp³-hybridized carbons (Fsp3) is 0.400. The second-order valence-corrected chi connectivity index (χ2v) is 7.13. The van der Waals surface area contributed by atoms with Crippen LogP contribution in [0, 0.1) is 5.92 Å². The maximum atomic E-state index is 6.14. The Morgan fingerprint density at radius 2 is 2.23 bits per heavy atom. The van der Waals surface area contributed by atoms with Gasteiger partial charge in [0.1, 0.15) is 17.3 Å². The predicted octanol–water partition coefficient (Wildman–Crippen LogP) is 3.57. The number of aryl methyl sites for hydroxylation is 1. The molecule has 0 radical (unpaired) electrons. The van der Waals surface area contributed by atoms with Crippen LogP contribution in [-0.2, 0) is 13.6 Å². The van der Waals surface area contributed by atoms with Gasteiger partial charge < -0.3 is 9.88 Å². The van der Waals surface area contributed by atoms with Gasteiger partial charge in [-0.1, -0.05) is 25.4 Å². The number of thiophene rings is 1. The zero-order chi connectivity index (χ0) is 15.7. The first kappa shape index (κ1) is 15.4. The molecule has 0 aliphatic carbocycles. The zero-order valence-electron chi connectivity index (χ0n) is 12.7. The molecule has 0 amide bonds. The second-order valence-electron chi connectivity index (χ2n) is 5.64. The highest BCUT2D eigenvalue weighted by Gasteiger charge is 2.20. The lowest BCUT2D eigenvalue weighted by atomic mass is 10.0. The Morgan fingerprint density at radius 3 is 2.86 bits per heavy atom. The summed E-state index contributed by atoms with van der Waals surface area (Å²) in [4.78, 5) is 5.36. The number of fused-ring (bicyclic) bond motifs is 1. The molecular formula is C15H18ClN5S. The molecule has 1 atom stereocenters. The van der Waals surface area contributed by atoms with Crippen LogP contribution in [-0.4, -0.2) is 19.7 Å². The molecule has 0 saturated carbocycles. The molecule has 3 heterocycles. The number of rotatable bonds is 5. The Labute approximate surface area is 138 Å². The summed E-state index contributed by atoms with van der Waals surface area (Å²) in [6, 6.07) is 4.31. The van der Waals surface area contributed by atoms with E-state index in [0.717, 1.165) is 22.5 Å². The first-order chi connectivity index (χ1) is 10.6.